The Labute approximate surface area is 183 Å². The van der Waals surface area contributed by atoms with Gasteiger partial charge in [0.2, 0.25) is 5.60 Å². The number of alkyl halides is 3. The Morgan fingerprint density at radius 2 is 1.88 bits per heavy atom. The number of hydrogen-bond donors (Lipinski definition) is 2. The van der Waals surface area contributed by atoms with Crippen LogP contribution >= 0.6 is 0 Å². The van der Waals surface area contributed by atoms with Crippen LogP contribution in [-0.2, 0) is 12.6 Å². The van der Waals surface area contributed by atoms with E-state index in [1.165, 1.54) is 19.4 Å². The predicted molar refractivity (Wildman–Crippen MR) is 112 cm³/mol. The number of methoxy groups -OCH3 is 1. The van der Waals surface area contributed by atoms with E-state index in [-0.39, 0.29) is 0 Å². The summed E-state index contributed by atoms with van der Waals surface area (Å²) >= 11 is 0. The van der Waals surface area contributed by atoms with Gasteiger partial charge < -0.3 is 24.3 Å². The molecule has 0 spiro atoms. The van der Waals surface area contributed by atoms with Crippen LogP contribution in [0.5, 0.6) is 5.75 Å². The number of aromatic nitrogens is 3. The summed E-state index contributed by atoms with van der Waals surface area (Å²) in [7, 11) is 2.93. The molecule has 0 saturated heterocycles. The lowest BCUT2D eigenvalue weighted by Crippen LogP contribution is -2.46. The lowest BCUT2D eigenvalue weighted by atomic mass is 9.97. The molecule has 0 aliphatic heterocycles. The third kappa shape index (κ3) is 4.22. The fraction of sp³-hybridized carbons (Fsp3) is 0.364. The fourth-order valence-corrected chi connectivity index (χ4v) is 3.72. The number of amides is 1. The topological polar surface area (TPSA) is 81.3 Å². The molecule has 10 heteroatoms. The van der Waals surface area contributed by atoms with Gasteiger partial charge in [-0.05, 0) is 44.2 Å². The first-order valence-corrected chi connectivity index (χ1v) is 9.88. The molecule has 2 heterocycles. The number of ether oxygens (including phenoxy) is 1. The summed E-state index contributed by atoms with van der Waals surface area (Å²) in [5.74, 6) is -0.363. The molecular weight excluding hydrogens is 425 g/mol. The zero-order valence-corrected chi connectivity index (χ0v) is 18.2. The number of halogens is 3. The first-order chi connectivity index (χ1) is 15.0. The van der Waals surface area contributed by atoms with E-state index in [1.807, 2.05) is 23.6 Å². The molecule has 0 saturated carbocycles. The fourth-order valence-electron chi connectivity index (χ4n) is 3.72. The van der Waals surface area contributed by atoms with E-state index in [2.05, 4.69) is 10.3 Å². The summed E-state index contributed by atoms with van der Waals surface area (Å²) in [6, 6.07) is 8.95. The third-order valence-corrected chi connectivity index (χ3v) is 5.44. The maximum atomic E-state index is 13.6. The van der Waals surface area contributed by atoms with Crippen LogP contribution < -0.4 is 10.1 Å². The Morgan fingerprint density at radius 3 is 2.41 bits per heavy atom. The second-order valence-corrected chi connectivity index (χ2v) is 7.54. The van der Waals surface area contributed by atoms with E-state index in [0.717, 1.165) is 15.9 Å². The number of nitrogens with one attached hydrogen (secondary N) is 1. The summed E-state index contributed by atoms with van der Waals surface area (Å²) in [5.41, 5.74) is -0.594. The van der Waals surface area contributed by atoms with Gasteiger partial charge in [0.05, 0.1) is 12.7 Å². The molecule has 1 aromatic carbocycles. The van der Waals surface area contributed by atoms with E-state index >= 15 is 0 Å². The highest BCUT2D eigenvalue weighted by Crippen LogP contribution is 2.40. The standard InChI is InChI=1S/C22H25F3N4O3/c1-14-13-18(15(2)29(14)16-5-7-17(32-4)8-6-16)19(30)26-10-9-21(31,22(23,24)25)20-27-11-12-28(20)3/h5-8,11-13,31H,9-10H2,1-4H3,(H,26,30). The Kier molecular flexibility index (Phi) is 6.36. The van der Waals surface area contributed by atoms with Crippen molar-refractivity contribution >= 4 is 5.91 Å². The van der Waals surface area contributed by atoms with E-state index in [1.54, 1.807) is 32.2 Å². The SMILES string of the molecule is COc1ccc(-n2c(C)cc(C(=O)NCCC(O)(c3nccn3C)C(F)(F)F)c2C)cc1. The minimum absolute atomic E-state index is 0.339. The third-order valence-electron chi connectivity index (χ3n) is 5.44. The van der Waals surface area contributed by atoms with Gasteiger partial charge in [-0.15, -0.1) is 0 Å². The highest BCUT2D eigenvalue weighted by molar-refractivity contribution is 5.95. The molecular formula is C22H25F3N4O3. The van der Waals surface area contributed by atoms with Crippen LogP contribution in [0.15, 0.2) is 42.7 Å². The monoisotopic (exact) mass is 450 g/mol. The number of benzene rings is 1. The molecule has 1 atom stereocenters. The molecule has 0 aliphatic rings. The van der Waals surface area contributed by atoms with E-state index in [0.29, 0.717) is 17.0 Å². The normalized spacial score (nSPS) is 13.6. The van der Waals surface area contributed by atoms with Crippen LogP contribution in [0.2, 0.25) is 0 Å². The number of nitrogens with zero attached hydrogens (tertiary/aromatic N) is 3. The van der Waals surface area contributed by atoms with E-state index in [9.17, 15) is 23.1 Å². The van der Waals surface area contributed by atoms with Gasteiger partial charge in [-0.25, -0.2) is 4.98 Å². The van der Waals surface area contributed by atoms with Crippen molar-refractivity contribution in [3.8, 4) is 11.4 Å². The van der Waals surface area contributed by atoms with Gasteiger partial charge >= 0.3 is 6.18 Å². The van der Waals surface area contributed by atoms with E-state index < -0.39 is 36.5 Å². The molecule has 1 amide bonds. The van der Waals surface area contributed by atoms with Crippen molar-refractivity contribution in [1.29, 1.82) is 0 Å². The number of aliphatic hydroxyl groups is 1. The summed E-state index contributed by atoms with van der Waals surface area (Å²) < 4.78 is 49.0. The molecule has 7 nitrogen and oxygen atoms in total. The summed E-state index contributed by atoms with van der Waals surface area (Å²) in [5, 5.41) is 12.9. The molecule has 0 radical (unpaired) electrons. The van der Waals surface area contributed by atoms with Crippen molar-refractivity contribution in [3.05, 3.63) is 65.5 Å². The zero-order chi connectivity index (χ0) is 23.7. The van der Waals surface area contributed by atoms with Crippen molar-refractivity contribution in [2.75, 3.05) is 13.7 Å². The molecule has 0 aliphatic carbocycles. The van der Waals surface area contributed by atoms with Crippen LogP contribution in [0.1, 0.15) is 34.0 Å². The van der Waals surface area contributed by atoms with Gasteiger partial charge in [0.15, 0.2) is 0 Å². The molecule has 0 bridgehead atoms. The number of aryl methyl sites for hydroxylation is 2. The highest BCUT2D eigenvalue weighted by Gasteiger charge is 2.57. The number of rotatable bonds is 7. The first kappa shape index (κ1) is 23.4. The van der Waals surface area contributed by atoms with Gasteiger partial charge in [-0.3, -0.25) is 4.79 Å². The van der Waals surface area contributed by atoms with Gasteiger partial charge in [-0.1, -0.05) is 0 Å². The molecule has 32 heavy (non-hydrogen) atoms. The van der Waals surface area contributed by atoms with Crippen LogP contribution in [0.4, 0.5) is 13.2 Å². The van der Waals surface area contributed by atoms with Crippen LogP contribution in [0.25, 0.3) is 5.69 Å². The molecule has 2 N–H and O–H groups in total. The average Bonchev–Trinajstić information content (AvgIpc) is 3.30. The molecule has 172 valence electrons. The maximum absolute atomic E-state index is 13.6. The molecule has 1 unspecified atom stereocenters. The quantitative estimate of drug-likeness (QED) is 0.578. The average molecular weight is 450 g/mol. The Hall–Kier alpha value is -3.27. The van der Waals surface area contributed by atoms with Crippen LogP contribution in [0.3, 0.4) is 0 Å². The largest absolute Gasteiger partial charge is 0.497 e. The van der Waals surface area contributed by atoms with Crippen molar-refractivity contribution in [3.63, 3.8) is 0 Å². The highest BCUT2D eigenvalue weighted by atomic mass is 19.4. The van der Waals surface area contributed by atoms with Crippen LogP contribution in [0, 0.1) is 13.8 Å². The molecule has 2 aromatic heterocycles. The smallest absolute Gasteiger partial charge is 0.424 e. The zero-order valence-electron chi connectivity index (χ0n) is 18.2. The molecule has 0 fully saturated rings. The second kappa shape index (κ2) is 8.70. The van der Waals surface area contributed by atoms with E-state index in [4.69, 9.17) is 4.74 Å². The Morgan fingerprint density at radius 1 is 1.22 bits per heavy atom. The predicted octanol–water partition coefficient (Wildman–Crippen LogP) is 3.41. The first-order valence-electron chi connectivity index (χ1n) is 9.88. The maximum Gasteiger partial charge on any atom is 0.424 e. The summed E-state index contributed by atoms with van der Waals surface area (Å²) in [4.78, 5) is 16.4. The van der Waals surface area contributed by atoms with Crippen LogP contribution in [-0.4, -0.2) is 45.0 Å². The Bertz CT molecular complexity index is 1100. The minimum atomic E-state index is -4.96. The van der Waals surface area contributed by atoms with Gasteiger partial charge in [0, 0.05) is 49.5 Å². The number of hydrogen-bond acceptors (Lipinski definition) is 4. The Balaban J connectivity index is 1.77. The van der Waals surface area contributed by atoms with Crippen molar-refractivity contribution < 1.29 is 27.8 Å². The van der Waals surface area contributed by atoms with Gasteiger partial charge in [0.1, 0.15) is 11.6 Å². The second-order valence-electron chi connectivity index (χ2n) is 7.54. The lowest BCUT2D eigenvalue weighted by molar-refractivity contribution is -0.272. The summed E-state index contributed by atoms with van der Waals surface area (Å²) in [6.45, 7) is 3.19. The number of carbonyl (C=O) groups excluding carboxylic acids is 1. The minimum Gasteiger partial charge on any atom is -0.497 e. The molecule has 3 rings (SSSR count). The molecule has 3 aromatic rings. The van der Waals surface area contributed by atoms with Gasteiger partial charge in [-0.2, -0.15) is 13.2 Å². The van der Waals surface area contributed by atoms with Crippen molar-refractivity contribution in [2.45, 2.75) is 32.0 Å². The van der Waals surface area contributed by atoms with Crippen molar-refractivity contribution in [1.82, 2.24) is 19.4 Å². The number of carbonyl (C=O) groups is 1. The van der Waals surface area contributed by atoms with Gasteiger partial charge in [0.25, 0.3) is 5.91 Å². The van der Waals surface area contributed by atoms with Crippen molar-refractivity contribution in [2.24, 2.45) is 7.05 Å². The summed E-state index contributed by atoms with van der Waals surface area (Å²) in [6.07, 6.45) is -3.23. The lowest BCUT2D eigenvalue weighted by Gasteiger charge is -2.30. The number of imidazole rings is 1.